The third kappa shape index (κ3) is 3.93. The van der Waals surface area contributed by atoms with Gasteiger partial charge in [-0.3, -0.25) is 0 Å². The number of allylic oxidation sites excluding steroid dienone is 4. The van der Waals surface area contributed by atoms with Gasteiger partial charge in [-0.1, -0.05) is 72.5 Å². The van der Waals surface area contributed by atoms with Crippen molar-refractivity contribution in [2.24, 2.45) is 4.99 Å². The third-order valence-corrected chi connectivity index (χ3v) is 3.96. The molecule has 0 heterocycles. The largest absolute Gasteiger partial charge is 0.235 e. The highest BCUT2D eigenvalue weighted by Gasteiger charge is 2.04. The maximum Gasteiger partial charge on any atom is 0.160 e. The summed E-state index contributed by atoms with van der Waals surface area (Å²) in [6.07, 6.45) is 7.27. The van der Waals surface area contributed by atoms with E-state index in [0.717, 1.165) is 17.9 Å². The lowest BCUT2D eigenvalue weighted by molar-refractivity contribution is 1.35. The standard InChI is InChI=1S/C15H15NS2/c1-12(14-9-5-6-10-14)16-15(17)18-11-13-7-3-2-4-8-13/h2-9H,10-11H2,1H3/b16-12+. The van der Waals surface area contributed by atoms with Crippen molar-refractivity contribution in [1.82, 2.24) is 0 Å². The highest BCUT2D eigenvalue weighted by atomic mass is 32.2. The van der Waals surface area contributed by atoms with Crippen LogP contribution in [0.25, 0.3) is 0 Å². The van der Waals surface area contributed by atoms with Crippen LogP contribution in [0.5, 0.6) is 0 Å². The van der Waals surface area contributed by atoms with Crippen LogP contribution in [0.15, 0.2) is 59.1 Å². The molecule has 0 aliphatic heterocycles. The second-order valence-electron chi connectivity index (χ2n) is 4.06. The van der Waals surface area contributed by atoms with Crippen LogP contribution in [0.4, 0.5) is 0 Å². The third-order valence-electron chi connectivity index (χ3n) is 2.70. The SMILES string of the molecule is C/C(=N\C(=S)SCc1ccccc1)C1=CC=CC1. The Morgan fingerprint density at radius 2 is 2.11 bits per heavy atom. The van der Waals surface area contributed by atoms with Crippen molar-refractivity contribution < 1.29 is 0 Å². The van der Waals surface area contributed by atoms with Crippen LogP contribution < -0.4 is 0 Å². The van der Waals surface area contributed by atoms with E-state index in [4.69, 9.17) is 12.2 Å². The average molecular weight is 273 g/mol. The maximum absolute atomic E-state index is 5.29. The van der Waals surface area contributed by atoms with E-state index in [2.05, 4.69) is 35.4 Å². The van der Waals surface area contributed by atoms with Crippen LogP contribution in [0, 0.1) is 0 Å². The Labute approximate surface area is 118 Å². The zero-order valence-corrected chi connectivity index (χ0v) is 11.9. The quantitative estimate of drug-likeness (QED) is 0.591. The van der Waals surface area contributed by atoms with Gasteiger partial charge in [0.2, 0.25) is 0 Å². The van der Waals surface area contributed by atoms with E-state index in [-0.39, 0.29) is 0 Å². The number of hydrogen-bond donors (Lipinski definition) is 0. The van der Waals surface area contributed by atoms with Crippen molar-refractivity contribution in [3.05, 3.63) is 59.7 Å². The zero-order valence-electron chi connectivity index (χ0n) is 10.3. The molecule has 0 radical (unpaired) electrons. The van der Waals surface area contributed by atoms with E-state index >= 15 is 0 Å². The molecule has 18 heavy (non-hydrogen) atoms. The summed E-state index contributed by atoms with van der Waals surface area (Å²) in [5.74, 6) is 0.883. The fourth-order valence-electron chi connectivity index (χ4n) is 1.68. The summed E-state index contributed by atoms with van der Waals surface area (Å²) < 4.78 is 0.712. The fourth-order valence-corrected chi connectivity index (χ4v) is 2.67. The van der Waals surface area contributed by atoms with Crippen LogP contribution in [-0.2, 0) is 5.75 Å². The van der Waals surface area contributed by atoms with Gasteiger partial charge in [0, 0.05) is 11.5 Å². The molecule has 3 heteroatoms. The van der Waals surface area contributed by atoms with Gasteiger partial charge in [-0.15, -0.1) is 0 Å². The lowest BCUT2D eigenvalue weighted by atomic mass is 10.1. The van der Waals surface area contributed by atoms with E-state index in [0.29, 0.717) is 4.32 Å². The number of thiocarbonyl (C=S) groups is 1. The first-order valence-electron chi connectivity index (χ1n) is 5.88. The molecule has 0 bridgehead atoms. The Morgan fingerprint density at radius 1 is 1.33 bits per heavy atom. The highest BCUT2D eigenvalue weighted by Crippen LogP contribution is 2.17. The second-order valence-corrected chi connectivity index (χ2v) is 5.67. The average Bonchev–Trinajstić information content (AvgIpc) is 2.91. The summed E-state index contributed by atoms with van der Waals surface area (Å²) in [6.45, 7) is 2.02. The van der Waals surface area contributed by atoms with Crippen LogP contribution >= 0.6 is 24.0 Å². The molecule has 1 aromatic carbocycles. The van der Waals surface area contributed by atoms with Crippen LogP contribution in [-0.4, -0.2) is 10.0 Å². The summed E-state index contributed by atoms with van der Waals surface area (Å²) in [5.41, 5.74) is 3.57. The number of rotatable bonds is 3. The van der Waals surface area contributed by atoms with Crippen LogP contribution in [0.1, 0.15) is 18.9 Å². The topological polar surface area (TPSA) is 12.4 Å². The van der Waals surface area contributed by atoms with Gasteiger partial charge < -0.3 is 0 Å². The van der Waals surface area contributed by atoms with Crippen molar-refractivity contribution in [1.29, 1.82) is 0 Å². The number of thioether (sulfide) groups is 1. The highest BCUT2D eigenvalue weighted by molar-refractivity contribution is 8.22. The minimum Gasteiger partial charge on any atom is -0.235 e. The molecule has 1 aliphatic rings. The van der Waals surface area contributed by atoms with E-state index in [9.17, 15) is 0 Å². The van der Waals surface area contributed by atoms with Gasteiger partial charge in [0.1, 0.15) is 0 Å². The number of nitrogens with zero attached hydrogens (tertiary/aromatic N) is 1. The predicted octanol–water partition coefficient (Wildman–Crippen LogP) is 4.55. The molecule has 0 N–H and O–H groups in total. The molecule has 0 fully saturated rings. The van der Waals surface area contributed by atoms with Gasteiger partial charge in [-0.05, 0) is 24.5 Å². The first-order chi connectivity index (χ1) is 8.75. The van der Waals surface area contributed by atoms with Gasteiger partial charge in [0.05, 0.1) is 0 Å². The van der Waals surface area contributed by atoms with Crippen molar-refractivity contribution in [2.75, 3.05) is 0 Å². The molecule has 0 spiro atoms. The number of hydrogen-bond acceptors (Lipinski definition) is 2. The molecule has 0 unspecified atom stereocenters. The van der Waals surface area contributed by atoms with Crippen LogP contribution in [0.3, 0.4) is 0 Å². The Hall–Kier alpha value is -1.19. The van der Waals surface area contributed by atoms with Gasteiger partial charge >= 0.3 is 0 Å². The van der Waals surface area contributed by atoms with E-state index in [1.807, 2.05) is 25.1 Å². The molecular formula is C15H15NS2. The van der Waals surface area contributed by atoms with Crippen molar-refractivity contribution in [3.8, 4) is 0 Å². The molecular weight excluding hydrogens is 258 g/mol. The second kappa shape index (κ2) is 6.66. The van der Waals surface area contributed by atoms with Gasteiger partial charge in [0.25, 0.3) is 0 Å². The molecule has 2 rings (SSSR count). The monoisotopic (exact) mass is 273 g/mol. The Morgan fingerprint density at radius 3 is 2.78 bits per heavy atom. The Balaban J connectivity index is 1.87. The van der Waals surface area contributed by atoms with E-state index in [1.54, 1.807) is 11.8 Å². The molecule has 0 atom stereocenters. The molecule has 1 nitrogen and oxygen atoms in total. The zero-order chi connectivity index (χ0) is 12.8. The summed E-state index contributed by atoms with van der Waals surface area (Å²) in [5, 5.41) is 0. The molecule has 92 valence electrons. The van der Waals surface area contributed by atoms with Crippen molar-refractivity contribution in [3.63, 3.8) is 0 Å². The Kier molecular flexibility index (Phi) is 4.90. The molecule has 0 saturated carbocycles. The Bertz CT molecular complexity index is 513. The lowest BCUT2D eigenvalue weighted by Gasteiger charge is -2.03. The van der Waals surface area contributed by atoms with Crippen LogP contribution in [0.2, 0.25) is 0 Å². The predicted molar refractivity (Wildman–Crippen MR) is 85.3 cm³/mol. The normalized spacial score (nSPS) is 14.7. The smallest absolute Gasteiger partial charge is 0.160 e. The van der Waals surface area contributed by atoms with E-state index in [1.165, 1.54) is 11.1 Å². The first-order valence-corrected chi connectivity index (χ1v) is 7.27. The number of benzene rings is 1. The van der Waals surface area contributed by atoms with E-state index < -0.39 is 0 Å². The summed E-state index contributed by atoms with van der Waals surface area (Å²) in [4.78, 5) is 4.48. The summed E-state index contributed by atoms with van der Waals surface area (Å²) in [6, 6.07) is 10.3. The minimum atomic E-state index is 0.712. The molecule has 1 aliphatic carbocycles. The lowest BCUT2D eigenvalue weighted by Crippen LogP contribution is -1.98. The van der Waals surface area contributed by atoms with Crippen molar-refractivity contribution in [2.45, 2.75) is 19.1 Å². The molecule has 1 aromatic rings. The summed E-state index contributed by atoms with van der Waals surface area (Å²) >= 11 is 6.91. The number of aliphatic imine (C=N–C) groups is 1. The van der Waals surface area contributed by atoms with Gasteiger partial charge in [0.15, 0.2) is 4.32 Å². The minimum absolute atomic E-state index is 0.712. The van der Waals surface area contributed by atoms with Gasteiger partial charge in [-0.25, -0.2) is 4.99 Å². The first kappa shape index (κ1) is 13.2. The van der Waals surface area contributed by atoms with Crippen molar-refractivity contribution >= 4 is 34.0 Å². The van der Waals surface area contributed by atoms with Gasteiger partial charge in [-0.2, -0.15) is 0 Å². The molecule has 0 saturated heterocycles. The maximum atomic E-state index is 5.29. The summed E-state index contributed by atoms with van der Waals surface area (Å²) in [7, 11) is 0. The molecule has 0 aromatic heterocycles. The molecule has 0 amide bonds. The fraction of sp³-hybridized carbons (Fsp3) is 0.200.